The predicted octanol–water partition coefficient (Wildman–Crippen LogP) is 2.92. The van der Waals surface area contributed by atoms with Crippen molar-refractivity contribution in [2.24, 2.45) is 0 Å². The standard InChI is InChI=1S/C14H21NO/c1-14(2,3)10-4-6-11(7-5-10)15-12-8-13(16)9-12/h4-7,12-13,15-16H,8-9H2,1-3H3. The van der Waals surface area contributed by atoms with Crippen LogP contribution in [0.15, 0.2) is 24.3 Å². The van der Waals surface area contributed by atoms with Gasteiger partial charge in [0.2, 0.25) is 0 Å². The molecule has 1 fully saturated rings. The first-order valence-electron chi connectivity index (χ1n) is 6.00. The van der Waals surface area contributed by atoms with Crippen molar-refractivity contribution < 1.29 is 5.11 Å². The van der Waals surface area contributed by atoms with E-state index in [0.717, 1.165) is 18.5 Å². The molecule has 0 radical (unpaired) electrons. The van der Waals surface area contributed by atoms with Gasteiger partial charge in [-0.2, -0.15) is 0 Å². The van der Waals surface area contributed by atoms with E-state index in [1.807, 2.05) is 0 Å². The highest BCUT2D eigenvalue weighted by Gasteiger charge is 2.26. The molecule has 1 aromatic rings. The molecule has 1 aliphatic carbocycles. The molecule has 0 aromatic heterocycles. The van der Waals surface area contributed by atoms with E-state index in [4.69, 9.17) is 0 Å². The number of hydrogen-bond acceptors (Lipinski definition) is 2. The van der Waals surface area contributed by atoms with Gasteiger partial charge in [0, 0.05) is 11.7 Å². The Morgan fingerprint density at radius 1 is 1.12 bits per heavy atom. The summed E-state index contributed by atoms with van der Waals surface area (Å²) in [5.41, 5.74) is 2.72. The number of hydrogen-bond donors (Lipinski definition) is 2. The summed E-state index contributed by atoms with van der Waals surface area (Å²) in [5, 5.41) is 12.6. The Kier molecular flexibility index (Phi) is 2.94. The molecular formula is C14H21NO. The summed E-state index contributed by atoms with van der Waals surface area (Å²) in [6.07, 6.45) is 1.66. The summed E-state index contributed by atoms with van der Waals surface area (Å²) in [6, 6.07) is 9.07. The fourth-order valence-electron chi connectivity index (χ4n) is 2.01. The van der Waals surface area contributed by atoms with Gasteiger partial charge in [0.25, 0.3) is 0 Å². The minimum Gasteiger partial charge on any atom is -0.393 e. The van der Waals surface area contributed by atoms with E-state index < -0.39 is 0 Å². The van der Waals surface area contributed by atoms with Gasteiger partial charge in [-0.05, 0) is 36.0 Å². The highest BCUT2D eigenvalue weighted by Crippen LogP contribution is 2.26. The first-order valence-corrected chi connectivity index (χ1v) is 6.00. The molecular weight excluding hydrogens is 198 g/mol. The van der Waals surface area contributed by atoms with Crippen LogP contribution in [0.25, 0.3) is 0 Å². The summed E-state index contributed by atoms with van der Waals surface area (Å²) in [7, 11) is 0. The maximum Gasteiger partial charge on any atom is 0.0579 e. The molecule has 0 unspecified atom stereocenters. The van der Waals surface area contributed by atoms with E-state index >= 15 is 0 Å². The first-order chi connectivity index (χ1) is 7.45. The molecule has 2 heteroatoms. The monoisotopic (exact) mass is 219 g/mol. The van der Waals surface area contributed by atoms with Crippen LogP contribution < -0.4 is 5.32 Å². The third-order valence-corrected chi connectivity index (χ3v) is 3.23. The van der Waals surface area contributed by atoms with Gasteiger partial charge in [-0.25, -0.2) is 0 Å². The Morgan fingerprint density at radius 2 is 1.69 bits per heavy atom. The molecule has 2 nitrogen and oxygen atoms in total. The van der Waals surface area contributed by atoms with Crippen LogP contribution in [0.1, 0.15) is 39.2 Å². The lowest BCUT2D eigenvalue weighted by molar-refractivity contribution is 0.0836. The molecule has 0 amide bonds. The zero-order valence-corrected chi connectivity index (χ0v) is 10.3. The van der Waals surface area contributed by atoms with Crippen LogP contribution in [0.2, 0.25) is 0 Å². The lowest BCUT2D eigenvalue weighted by Crippen LogP contribution is -2.38. The lowest BCUT2D eigenvalue weighted by Gasteiger charge is -2.33. The second-order valence-corrected chi connectivity index (χ2v) is 5.79. The van der Waals surface area contributed by atoms with Crippen LogP contribution in [0.4, 0.5) is 5.69 Å². The normalized spacial score (nSPS) is 25.0. The number of anilines is 1. The maximum absolute atomic E-state index is 9.21. The molecule has 1 saturated carbocycles. The van der Waals surface area contributed by atoms with Gasteiger partial charge in [-0.15, -0.1) is 0 Å². The van der Waals surface area contributed by atoms with E-state index in [9.17, 15) is 5.11 Å². The second kappa shape index (κ2) is 4.10. The Bertz CT molecular complexity index is 344. The first kappa shape index (κ1) is 11.5. The number of nitrogens with one attached hydrogen (secondary N) is 1. The van der Waals surface area contributed by atoms with E-state index in [2.05, 4.69) is 50.4 Å². The van der Waals surface area contributed by atoms with Crippen molar-refractivity contribution in [1.82, 2.24) is 0 Å². The third-order valence-electron chi connectivity index (χ3n) is 3.23. The second-order valence-electron chi connectivity index (χ2n) is 5.79. The van der Waals surface area contributed by atoms with Crippen molar-refractivity contribution in [3.8, 4) is 0 Å². The van der Waals surface area contributed by atoms with Gasteiger partial charge in [0.1, 0.15) is 0 Å². The van der Waals surface area contributed by atoms with Crippen molar-refractivity contribution in [2.45, 2.75) is 51.2 Å². The third kappa shape index (κ3) is 2.56. The van der Waals surface area contributed by atoms with E-state index in [0.29, 0.717) is 6.04 Å². The summed E-state index contributed by atoms with van der Waals surface area (Å²) < 4.78 is 0. The molecule has 0 spiro atoms. The van der Waals surface area contributed by atoms with Crippen molar-refractivity contribution in [2.75, 3.05) is 5.32 Å². The lowest BCUT2D eigenvalue weighted by atomic mass is 9.86. The molecule has 88 valence electrons. The van der Waals surface area contributed by atoms with Gasteiger partial charge in [0.05, 0.1) is 6.10 Å². The molecule has 16 heavy (non-hydrogen) atoms. The fraction of sp³-hybridized carbons (Fsp3) is 0.571. The predicted molar refractivity (Wildman–Crippen MR) is 67.8 cm³/mol. The summed E-state index contributed by atoms with van der Waals surface area (Å²) in [6.45, 7) is 6.66. The molecule has 0 bridgehead atoms. The van der Waals surface area contributed by atoms with Crippen LogP contribution in [0.3, 0.4) is 0 Å². The van der Waals surface area contributed by atoms with Gasteiger partial charge < -0.3 is 10.4 Å². The van der Waals surface area contributed by atoms with Crippen molar-refractivity contribution in [3.05, 3.63) is 29.8 Å². The zero-order chi connectivity index (χ0) is 11.8. The van der Waals surface area contributed by atoms with Crippen molar-refractivity contribution >= 4 is 5.69 Å². The quantitative estimate of drug-likeness (QED) is 0.801. The molecule has 0 saturated heterocycles. The average molecular weight is 219 g/mol. The van der Waals surface area contributed by atoms with Crippen molar-refractivity contribution in [1.29, 1.82) is 0 Å². The van der Waals surface area contributed by atoms with Crippen LogP contribution in [0, 0.1) is 0 Å². The van der Waals surface area contributed by atoms with E-state index in [1.54, 1.807) is 0 Å². The average Bonchev–Trinajstić information content (AvgIpc) is 2.15. The highest BCUT2D eigenvalue weighted by atomic mass is 16.3. The van der Waals surface area contributed by atoms with Crippen molar-refractivity contribution in [3.63, 3.8) is 0 Å². The van der Waals surface area contributed by atoms with Crippen LogP contribution in [-0.2, 0) is 5.41 Å². The fourth-order valence-corrected chi connectivity index (χ4v) is 2.01. The SMILES string of the molecule is CC(C)(C)c1ccc(NC2CC(O)C2)cc1. The smallest absolute Gasteiger partial charge is 0.0579 e. The maximum atomic E-state index is 9.21. The van der Waals surface area contributed by atoms with Crippen LogP contribution in [0.5, 0.6) is 0 Å². The Morgan fingerprint density at radius 3 is 2.12 bits per heavy atom. The van der Waals surface area contributed by atoms with Crippen LogP contribution >= 0.6 is 0 Å². The van der Waals surface area contributed by atoms with Gasteiger partial charge in [-0.1, -0.05) is 32.9 Å². The Labute approximate surface area is 97.7 Å². The number of aliphatic hydroxyl groups excluding tert-OH is 1. The Hall–Kier alpha value is -1.02. The number of benzene rings is 1. The van der Waals surface area contributed by atoms with Gasteiger partial charge >= 0.3 is 0 Å². The molecule has 2 N–H and O–H groups in total. The molecule has 1 aliphatic rings. The summed E-state index contributed by atoms with van der Waals surface area (Å²) in [5.74, 6) is 0. The Balaban J connectivity index is 1.97. The molecule has 0 aliphatic heterocycles. The van der Waals surface area contributed by atoms with Gasteiger partial charge in [0.15, 0.2) is 0 Å². The molecule has 0 heterocycles. The minimum atomic E-state index is -0.0913. The molecule has 2 rings (SSSR count). The topological polar surface area (TPSA) is 32.3 Å². The molecule has 0 atom stereocenters. The zero-order valence-electron chi connectivity index (χ0n) is 10.3. The van der Waals surface area contributed by atoms with E-state index in [1.165, 1.54) is 5.56 Å². The number of rotatable bonds is 2. The summed E-state index contributed by atoms with van der Waals surface area (Å²) in [4.78, 5) is 0. The van der Waals surface area contributed by atoms with Crippen LogP contribution in [-0.4, -0.2) is 17.3 Å². The largest absolute Gasteiger partial charge is 0.393 e. The van der Waals surface area contributed by atoms with E-state index in [-0.39, 0.29) is 11.5 Å². The minimum absolute atomic E-state index is 0.0913. The van der Waals surface area contributed by atoms with Gasteiger partial charge in [-0.3, -0.25) is 0 Å². The summed E-state index contributed by atoms with van der Waals surface area (Å²) >= 11 is 0. The highest BCUT2D eigenvalue weighted by molar-refractivity contribution is 5.47. The molecule has 1 aromatic carbocycles. The number of aliphatic hydroxyl groups is 1.